The lowest BCUT2D eigenvalue weighted by Crippen LogP contribution is -2.43. The van der Waals surface area contributed by atoms with E-state index in [-0.39, 0.29) is 30.3 Å². The number of ketones is 1. The number of ether oxygens (including phenoxy) is 1. The third-order valence-corrected chi connectivity index (χ3v) is 4.35. The molecule has 19 heavy (non-hydrogen) atoms. The number of carbonyl (C=O) groups is 2. The fourth-order valence-corrected chi connectivity index (χ4v) is 3.13. The van der Waals surface area contributed by atoms with Crippen LogP contribution in [0.2, 0.25) is 0 Å². The summed E-state index contributed by atoms with van der Waals surface area (Å²) in [6.45, 7) is 6.02. The second kappa shape index (κ2) is 5.29. The van der Waals surface area contributed by atoms with Gasteiger partial charge >= 0.3 is 5.97 Å². The summed E-state index contributed by atoms with van der Waals surface area (Å²) in [7, 11) is 0. The van der Waals surface area contributed by atoms with Crippen molar-refractivity contribution in [3.05, 3.63) is 22.8 Å². The summed E-state index contributed by atoms with van der Waals surface area (Å²) >= 11 is 0. The first-order chi connectivity index (χ1) is 8.90. The number of carboxylic acids is 1. The van der Waals surface area contributed by atoms with Crippen LogP contribution in [0.4, 0.5) is 0 Å². The quantitative estimate of drug-likeness (QED) is 0.778. The first-order valence-electron chi connectivity index (χ1n) is 6.64. The Balaban J connectivity index is 2.27. The Labute approximate surface area is 113 Å². The molecule has 0 aromatic heterocycles. The Hall–Kier alpha value is -1.42. The molecule has 0 radical (unpaired) electrons. The standard InChI is InChI=1S/C15H20O4/c1-8-4-14-12(10(3)13(16)7-19-14)6-11(8)9(2)5-15(17)18/h5,10,12,14H,4,6-7H2,1-3H3,(H,17,18)/b9-5+/t10?,12?,14-/m0/s1. The van der Waals surface area contributed by atoms with Crippen LogP contribution < -0.4 is 0 Å². The fourth-order valence-electron chi connectivity index (χ4n) is 3.13. The Morgan fingerprint density at radius 1 is 1.42 bits per heavy atom. The van der Waals surface area contributed by atoms with Crippen molar-refractivity contribution in [2.45, 2.75) is 39.7 Å². The number of carbonyl (C=O) groups excluding carboxylic acids is 1. The molecular weight excluding hydrogens is 244 g/mol. The number of fused-ring (bicyclic) bond motifs is 1. The molecule has 1 N–H and O–H groups in total. The molecule has 104 valence electrons. The first kappa shape index (κ1) is 14.0. The van der Waals surface area contributed by atoms with E-state index >= 15 is 0 Å². The maximum Gasteiger partial charge on any atom is 0.328 e. The third-order valence-electron chi connectivity index (χ3n) is 4.35. The number of Topliss-reactive ketones (excluding diaryl/α,β-unsaturated/α-hetero) is 1. The minimum Gasteiger partial charge on any atom is -0.478 e. The summed E-state index contributed by atoms with van der Waals surface area (Å²) in [5.74, 6) is -0.597. The van der Waals surface area contributed by atoms with E-state index in [1.165, 1.54) is 11.6 Å². The van der Waals surface area contributed by atoms with Crippen LogP contribution in [0.5, 0.6) is 0 Å². The maximum atomic E-state index is 11.7. The highest BCUT2D eigenvalue weighted by molar-refractivity contribution is 5.83. The van der Waals surface area contributed by atoms with Crippen molar-refractivity contribution in [2.24, 2.45) is 11.8 Å². The average Bonchev–Trinajstić information content (AvgIpc) is 2.32. The van der Waals surface area contributed by atoms with Crippen LogP contribution in [-0.2, 0) is 14.3 Å². The molecule has 2 rings (SSSR count). The molecule has 1 fully saturated rings. The van der Waals surface area contributed by atoms with E-state index in [9.17, 15) is 9.59 Å². The van der Waals surface area contributed by atoms with Crippen molar-refractivity contribution in [1.82, 2.24) is 0 Å². The van der Waals surface area contributed by atoms with E-state index in [4.69, 9.17) is 9.84 Å². The maximum absolute atomic E-state index is 11.7. The number of carboxylic acid groups (broad SMARTS) is 1. The highest BCUT2D eigenvalue weighted by Gasteiger charge is 2.39. The summed E-state index contributed by atoms with van der Waals surface area (Å²) in [5, 5.41) is 8.85. The smallest absolute Gasteiger partial charge is 0.328 e. The van der Waals surface area contributed by atoms with Gasteiger partial charge in [0.05, 0.1) is 6.10 Å². The van der Waals surface area contributed by atoms with E-state index in [2.05, 4.69) is 0 Å². The van der Waals surface area contributed by atoms with Crippen molar-refractivity contribution in [2.75, 3.05) is 6.61 Å². The predicted molar refractivity (Wildman–Crippen MR) is 70.7 cm³/mol. The Morgan fingerprint density at radius 2 is 2.11 bits per heavy atom. The molecule has 1 aliphatic heterocycles. The Morgan fingerprint density at radius 3 is 2.74 bits per heavy atom. The molecule has 1 heterocycles. The van der Waals surface area contributed by atoms with E-state index in [1.54, 1.807) is 0 Å². The van der Waals surface area contributed by atoms with Crippen LogP contribution in [0, 0.1) is 11.8 Å². The minimum absolute atomic E-state index is 0.000483. The van der Waals surface area contributed by atoms with E-state index in [1.807, 2.05) is 20.8 Å². The molecule has 2 unspecified atom stereocenters. The summed E-state index contributed by atoms with van der Waals surface area (Å²) in [5.41, 5.74) is 3.04. The van der Waals surface area contributed by atoms with Gasteiger partial charge in [0, 0.05) is 12.0 Å². The van der Waals surface area contributed by atoms with Crippen LogP contribution in [0.1, 0.15) is 33.6 Å². The van der Waals surface area contributed by atoms with Crippen molar-refractivity contribution in [1.29, 1.82) is 0 Å². The molecule has 4 nitrogen and oxygen atoms in total. The average molecular weight is 264 g/mol. The van der Waals surface area contributed by atoms with Gasteiger partial charge in [-0.2, -0.15) is 0 Å². The minimum atomic E-state index is -0.927. The van der Waals surface area contributed by atoms with Crippen molar-refractivity contribution in [3.8, 4) is 0 Å². The lowest BCUT2D eigenvalue weighted by molar-refractivity contribution is -0.144. The zero-order chi connectivity index (χ0) is 14.2. The number of hydrogen-bond donors (Lipinski definition) is 1. The van der Waals surface area contributed by atoms with Gasteiger partial charge in [-0.1, -0.05) is 12.5 Å². The molecule has 0 aromatic rings. The Kier molecular flexibility index (Phi) is 3.90. The normalized spacial score (nSPS) is 32.3. The summed E-state index contributed by atoms with van der Waals surface area (Å²) in [4.78, 5) is 22.5. The van der Waals surface area contributed by atoms with Crippen LogP contribution >= 0.6 is 0 Å². The van der Waals surface area contributed by atoms with Crippen molar-refractivity contribution >= 4 is 11.8 Å². The second-order valence-electron chi connectivity index (χ2n) is 5.60. The van der Waals surface area contributed by atoms with Crippen LogP contribution in [0.15, 0.2) is 22.8 Å². The van der Waals surface area contributed by atoms with Gasteiger partial charge in [-0.15, -0.1) is 0 Å². The van der Waals surface area contributed by atoms with Gasteiger partial charge in [-0.05, 0) is 43.8 Å². The van der Waals surface area contributed by atoms with Crippen molar-refractivity contribution in [3.63, 3.8) is 0 Å². The van der Waals surface area contributed by atoms with Crippen molar-refractivity contribution < 1.29 is 19.4 Å². The summed E-state index contributed by atoms with van der Waals surface area (Å²) < 4.78 is 5.62. The van der Waals surface area contributed by atoms with Crippen LogP contribution in [0.25, 0.3) is 0 Å². The van der Waals surface area contributed by atoms with E-state index in [0.717, 1.165) is 24.0 Å². The molecule has 0 spiro atoms. The van der Waals surface area contributed by atoms with Gasteiger partial charge < -0.3 is 9.84 Å². The number of allylic oxidation sites excluding steroid dienone is 2. The molecule has 1 aliphatic carbocycles. The number of aliphatic carboxylic acids is 1. The lowest BCUT2D eigenvalue weighted by atomic mass is 9.72. The second-order valence-corrected chi connectivity index (χ2v) is 5.60. The molecule has 0 aromatic carbocycles. The summed E-state index contributed by atoms with van der Waals surface area (Å²) in [6, 6.07) is 0. The molecule has 3 atom stereocenters. The number of hydrogen-bond acceptors (Lipinski definition) is 3. The highest BCUT2D eigenvalue weighted by Crippen LogP contribution is 2.40. The van der Waals surface area contributed by atoms with E-state index < -0.39 is 5.97 Å². The van der Waals surface area contributed by atoms with E-state index in [0.29, 0.717) is 0 Å². The first-order valence-corrected chi connectivity index (χ1v) is 6.64. The third kappa shape index (κ3) is 2.78. The zero-order valence-electron chi connectivity index (χ0n) is 11.6. The van der Waals surface area contributed by atoms with Crippen LogP contribution in [0.3, 0.4) is 0 Å². The largest absolute Gasteiger partial charge is 0.478 e. The molecule has 4 heteroatoms. The topological polar surface area (TPSA) is 63.6 Å². The molecular formula is C15H20O4. The predicted octanol–water partition coefficient (Wildman–Crippen LogP) is 2.35. The van der Waals surface area contributed by atoms with Gasteiger partial charge in [0.25, 0.3) is 0 Å². The monoisotopic (exact) mass is 264 g/mol. The molecule has 0 bridgehead atoms. The van der Waals surface area contributed by atoms with Gasteiger partial charge in [0.15, 0.2) is 5.78 Å². The summed E-state index contributed by atoms with van der Waals surface area (Å²) in [6.07, 6.45) is 2.88. The molecule has 0 saturated carbocycles. The highest BCUT2D eigenvalue weighted by atomic mass is 16.5. The van der Waals surface area contributed by atoms with Gasteiger partial charge in [0.1, 0.15) is 6.61 Å². The fraction of sp³-hybridized carbons (Fsp3) is 0.600. The Bertz CT molecular complexity index is 473. The van der Waals surface area contributed by atoms with Gasteiger partial charge in [-0.25, -0.2) is 4.79 Å². The van der Waals surface area contributed by atoms with Crippen LogP contribution in [-0.4, -0.2) is 29.6 Å². The van der Waals surface area contributed by atoms with Gasteiger partial charge in [0.2, 0.25) is 0 Å². The number of rotatable bonds is 2. The lowest BCUT2D eigenvalue weighted by Gasteiger charge is -2.40. The zero-order valence-corrected chi connectivity index (χ0v) is 11.6. The van der Waals surface area contributed by atoms with Gasteiger partial charge in [-0.3, -0.25) is 4.79 Å². The molecule has 2 aliphatic rings. The molecule has 1 saturated heterocycles. The SMILES string of the molecule is CC1=C(/C(C)=C/C(=O)O)CC2C(C)C(=O)CO[C@H]2C1. The molecule has 0 amide bonds.